The third kappa shape index (κ3) is 3.46. The molecule has 0 aliphatic carbocycles. The Labute approximate surface area is 153 Å². The van der Waals surface area contributed by atoms with Gasteiger partial charge in [-0.05, 0) is 54.5 Å². The van der Waals surface area contributed by atoms with Crippen LogP contribution in [0.3, 0.4) is 0 Å². The minimum Gasteiger partial charge on any atom is -0.540 e. The maximum atomic E-state index is 13.7. The molecule has 3 rings (SSSR count). The highest BCUT2D eigenvalue weighted by atomic mass is 35.5. The predicted molar refractivity (Wildman–Crippen MR) is 104 cm³/mol. The summed E-state index contributed by atoms with van der Waals surface area (Å²) in [6, 6.07) is 11.9. The van der Waals surface area contributed by atoms with Crippen molar-refractivity contribution >= 4 is 30.9 Å². The molecule has 0 radical (unpaired) electrons. The fourth-order valence-electron chi connectivity index (χ4n) is 2.35. The molecule has 0 atom stereocenters. The highest BCUT2D eigenvalue weighted by molar-refractivity contribution is 6.74. The number of hydrogen-bond acceptors (Lipinski definition) is 2. The van der Waals surface area contributed by atoms with Gasteiger partial charge < -0.3 is 8.84 Å². The molecule has 132 valence electrons. The van der Waals surface area contributed by atoms with Crippen LogP contribution in [-0.2, 0) is 0 Å². The second-order valence-electron chi connectivity index (χ2n) is 7.77. The van der Waals surface area contributed by atoms with Crippen molar-refractivity contribution < 1.29 is 13.2 Å². The molecule has 0 aliphatic heterocycles. The Hall–Kier alpha value is -1.78. The van der Waals surface area contributed by atoms with E-state index in [1.54, 1.807) is 18.2 Å². The van der Waals surface area contributed by atoms with Crippen molar-refractivity contribution in [3.63, 3.8) is 0 Å². The maximum absolute atomic E-state index is 13.7. The van der Waals surface area contributed by atoms with Gasteiger partial charge in [0.1, 0.15) is 11.4 Å². The summed E-state index contributed by atoms with van der Waals surface area (Å²) in [4.78, 5) is 0. The van der Waals surface area contributed by atoms with Crippen LogP contribution in [0.5, 0.6) is 5.75 Å². The molecule has 0 spiro atoms. The molecule has 1 aromatic heterocycles. The van der Waals surface area contributed by atoms with Crippen LogP contribution in [0.15, 0.2) is 46.9 Å². The molecule has 5 heteroatoms. The van der Waals surface area contributed by atoms with Gasteiger partial charge in [-0.1, -0.05) is 32.4 Å². The van der Waals surface area contributed by atoms with Gasteiger partial charge in [0.15, 0.2) is 11.5 Å². The summed E-state index contributed by atoms with van der Waals surface area (Å²) in [5, 5.41) is 1.47. The molecule has 25 heavy (non-hydrogen) atoms. The first kappa shape index (κ1) is 18.0. The van der Waals surface area contributed by atoms with Crippen LogP contribution in [0.25, 0.3) is 22.3 Å². The monoisotopic (exact) mass is 376 g/mol. The molecule has 0 N–H and O–H groups in total. The van der Waals surface area contributed by atoms with Crippen LogP contribution in [0.1, 0.15) is 20.8 Å². The Kier molecular flexibility index (Phi) is 4.46. The number of halogens is 2. The van der Waals surface area contributed by atoms with Crippen molar-refractivity contribution in [2.45, 2.75) is 38.9 Å². The number of fused-ring (bicyclic) bond motifs is 1. The lowest BCUT2D eigenvalue weighted by molar-refractivity contribution is 0.487. The lowest BCUT2D eigenvalue weighted by Crippen LogP contribution is -2.43. The summed E-state index contributed by atoms with van der Waals surface area (Å²) in [7, 11) is -2.10. The van der Waals surface area contributed by atoms with Gasteiger partial charge in [-0.25, -0.2) is 4.39 Å². The molecule has 0 aliphatic rings. The third-order valence-electron chi connectivity index (χ3n) is 4.88. The first-order valence-electron chi connectivity index (χ1n) is 8.25. The summed E-state index contributed by atoms with van der Waals surface area (Å²) in [5.41, 5.74) is 1.34. The fourth-order valence-corrected chi connectivity index (χ4v) is 3.49. The van der Waals surface area contributed by atoms with Gasteiger partial charge in [-0.2, -0.15) is 0 Å². The Morgan fingerprint density at radius 1 is 1.04 bits per heavy atom. The van der Waals surface area contributed by atoms with E-state index < -0.39 is 8.32 Å². The Morgan fingerprint density at radius 3 is 2.28 bits per heavy atom. The molecular weight excluding hydrogens is 355 g/mol. The molecule has 3 aromatic rings. The normalized spacial score (nSPS) is 12.6. The maximum Gasteiger partial charge on any atom is 0.250 e. The molecular formula is C20H22ClFO2Si. The van der Waals surface area contributed by atoms with Crippen molar-refractivity contribution in [1.29, 1.82) is 0 Å². The Balaban J connectivity index is 2.20. The Morgan fingerprint density at radius 2 is 1.68 bits per heavy atom. The van der Waals surface area contributed by atoms with Gasteiger partial charge in [-0.3, -0.25) is 0 Å². The standard InChI is InChI=1S/C20H22ClFO2Si/c1-20(2,3)25(4,5)24-19-16-11-10-15(22)12-17(16)23-18(19)13-6-8-14(21)9-7-13/h6-12H,1-5H3. The number of benzene rings is 2. The first-order valence-corrected chi connectivity index (χ1v) is 11.5. The van der Waals surface area contributed by atoms with Gasteiger partial charge in [-0.15, -0.1) is 0 Å². The topological polar surface area (TPSA) is 22.4 Å². The van der Waals surface area contributed by atoms with Gasteiger partial charge >= 0.3 is 0 Å². The predicted octanol–water partition coefficient (Wildman–Crippen LogP) is 7.28. The average Bonchev–Trinajstić information content (AvgIpc) is 2.84. The second-order valence-corrected chi connectivity index (χ2v) is 12.9. The largest absolute Gasteiger partial charge is 0.540 e. The van der Waals surface area contributed by atoms with Crippen LogP contribution >= 0.6 is 11.6 Å². The molecule has 2 nitrogen and oxygen atoms in total. The van der Waals surface area contributed by atoms with E-state index in [4.69, 9.17) is 20.4 Å². The van der Waals surface area contributed by atoms with Gasteiger partial charge in [0.25, 0.3) is 8.32 Å². The van der Waals surface area contributed by atoms with Crippen molar-refractivity contribution in [3.05, 3.63) is 53.3 Å². The average molecular weight is 377 g/mol. The Bertz CT molecular complexity index is 908. The van der Waals surface area contributed by atoms with E-state index in [-0.39, 0.29) is 10.9 Å². The summed E-state index contributed by atoms with van der Waals surface area (Å²) < 4.78 is 26.2. The quantitative estimate of drug-likeness (QED) is 0.448. The molecule has 0 saturated carbocycles. The molecule has 1 heterocycles. The first-order chi connectivity index (χ1) is 11.6. The van der Waals surface area contributed by atoms with Crippen LogP contribution in [-0.4, -0.2) is 8.32 Å². The molecule has 0 bridgehead atoms. The van der Waals surface area contributed by atoms with Crippen LogP contribution in [0.4, 0.5) is 4.39 Å². The van der Waals surface area contributed by atoms with Crippen LogP contribution < -0.4 is 4.43 Å². The molecule has 0 saturated heterocycles. The fraction of sp³-hybridized carbons (Fsp3) is 0.300. The van der Waals surface area contributed by atoms with Crippen LogP contribution in [0.2, 0.25) is 23.2 Å². The molecule has 0 fully saturated rings. The van der Waals surface area contributed by atoms with Crippen molar-refractivity contribution in [1.82, 2.24) is 0 Å². The van der Waals surface area contributed by atoms with Crippen molar-refractivity contribution in [2.75, 3.05) is 0 Å². The number of hydrogen-bond donors (Lipinski definition) is 0. The zero-order valence-electron chi connectivity index (χ0n) is 15.1. The number of furan rings is 1. The minimum absolute atomic E-state index is 0.0356. The van der Waals surface area contributed by atoms with E-state index in [9.17, 15) is 4.39 Å². The zero-order chi connectivity index (χ0) is 18.4. The van der Waals surface area contributed by atoms with Gasteiger partial charge in [0.2, 0.25) is 0 Å². The van der Waals surface area contributed by atoms with Gasteiger partial charge in [0, 0.05) is 16.7 Å². The van der Waals surface area contributed by atoms with Crippen molar-refractivity contribution in [2.24, 2.45) is 0 Å². The lowest BCUT2D eigenvalue weighted by Gasteiger charge is -2.36. The van der Waals surface area contributed by atoms with E-state index in [2.05, 4.69) is 33.9 Å². The SMILES string of the molecule is CC(C)(C)[Si](C)(C)Oc1c(-c2ccc(Cl)cc2)oc2cc(F)ccc12. The third-order valence-corrected chi connectivity index (χ3v) is 9.46. The minimum atomic E-state index is -2.10. The molecule has 0 unspecified atom stereocenters. The molecule has 2 aromatic carbocycles. The highest BCUT2D eigenvalue weighted by Gasteiger charge is 2.40. The van der Waals surface area contributed by atoms with E-state index >= 15 is 0 Å². The summed E-state index contributed by atoms with van der Waals surface area (Å²) in [5.74, 6) is 0.966. The molecule has 0 amide bonds. The van der Waals surface area contributed by atoms with E-state index in [0.29, 0.717) is 22.1 Å². The lowest BCUT2D eigenvalue weighted by atomic mass is 10.1. The second kappa shape index (κ2) is 6.18. The smallest absolute Gasteiger partial charge is 0.250 e. The van der Waals surface area contributed by atoms with Crippen LogP contribution in [0, 0.1) is 5.82 Å². The van der Waals surface area contributed by atoms with E-state index in [1.807, 2.05) is 12.1 Å². The van der Waals surface area contributed by atoms with E-state index in [0.717, 1.165) is 10.9 Å². The number of rotatable bonds is 3. The summed E-state index contributed by atoms with van der Waals surface area (Å²) in [6.45, 7) is 10.9. The van der Waals surface area contributed by atoms with Gasteiger partial charge in [0.05, 0.1) is 5.39 Å². The zero-order valence-corrected chi connectivity index (χ0v) is 16.9. The van der Waals surface area contributed by atoms with Crippen molar-refractivity contribution in [3.8, 4) is 17.1 Å². The summed E-state index contributed by atoms with van der Waals surface area (Å²) >= 11 is 6.00. The van der Waals surface area contributed by atoms with E-state index in [1.165, 1.54) is 12.1 Å². The highest BCUT2D eigenvalue weighted by Crippen LogP contribution is 2.45. The summed E-state index contributed by atoms with van der Waals surface area (Å²) in [6.07, 6.45) is 0.